The smallest absolute Gasteiger partial charge is 0.125 e. The van der Waals surface area contributed by atoms with E-state index in [2.05, 4.69) is 15.6 Å². The fourth-order valence-corrected chi connectivity index (χ4v) is 2.85. The van der Waals surface area contributed by atoms with Gasteiger partial charge in [0.05, 0.1) is 28.5 Å². The zero-order chi connectivity index (χ0) is 13.2. The Labute approximate surface area is 116 Å². The summed E-state index contributed by atoms with van der Waals surface area (Å²) in [5.41, 5.74) is 2.56. The number of nitrogens with zero attached hydrogens (tertiary/aromatic N) is 3. The van der Waals surface area contributed by atoms with Crippen molar-refractivity contribution in [2.75, 3.05) is 13.2 Å². The van der Waals surface area contributed by atoms with Crippen molar-refractivity contribution >= 4 is 22.6 Å². The summed E-state index contributed by atoms with van der Waals surface area (Å²) in [5, 5.41) is 9.04. The van der Waals surface area contributed by atoms with Crippen molar-refractivity contribution in [1.29, 1.82) is 5.26 Å². The highest BCUT2D eigenvalue weighted by Gasteiger charge is 2.21. The lowest BCUT2D eigenvalue weighted by atomic mass is 10.1. The van der Waals surface area contributed by atoms with Crippen molar-refractivity contribution in [1.82, 2.24) is 9.55 Å². The topological polar surface area (TPSA) is 50.8 Å². The Hall–Kier alpha value is -1.57. The summed E-state index contributed by atoms with van der Waals surface area (Å²) in [6.45, 7) is 1.54. The second kappa shape index (κ2) is 5.20. The zero-order valence-electron chi connectivity index (χ0n) is 10.5. The van der Waals surface area contributed by atoms with Crippen LogP contribution in [0.25, 0.3) is 11.0 Å². The molecule has 0 atom stereocenters. The molecule has 19 heavy (non-hydrogen) atoms. The molecule has 1 aromatic carbocycles. The fraction of sp³-hybridized carbons (Fsp3) is 0.429. The van der Waals surface area contributed by atoms with Gasteiger partial charge in [0.2, 0.25) is 0 Å². The summed E-state index contributed by atoms with van der Waals surface area (Å²) in [4.78, 5) is 4.56. The first-order valence-electron chi connectivity index (χ1n) is 6.38. The largest absolute Gasteiger partial charge is 0.381 e. The van der Waals surface area contributed by atoms with Gasteiger partial charge in [-0.3, -0.25) is 0 Å². The van der Waals surface area contributed by atoms with Crippen molar-refractivity contribution in [2.24, 2.45) is 0 Å². The van der Waals surface area contributed by atoms with E-state index in [9.17, 15) is 0 Å². The highest BCUT2D eigenvalue weighted by atomic mass is 35.5. The summed E-state index contributed by atoms with van der Waals surface area (Å²) in [5.74, 6) is 1.26. The second-order valence-corrected chi connectivity index (χ2v) is 4.96. The molecule has 0 spiro atoms. The first kappa shape index (κ1) is 12.5. The summed E-state index contributed by atoms with van der Waals surface area (Å²) in [6.07, 6.45) is 1.93. The Morgan fingerprint density at radius 3 is 2.89 bits per heavy atom. The molecule has 0 saturated carbocycles. The molecule has 3 rings (SSSR count). The van der Waals surface area contributed by atoms with E-state index in [1.807, 2.05) is 12.1 Å². The fourth-order valence-electron chi connectivity index (χ4n) is 2.66. The molecule has 98 valence electrons. The summed E-state index contributed by atoms with van der Waals surface area (Å²) in [6, 6.07) is 8.12. The summed E-state index contributed by atoms with van der Waals surface area (Å²) < 4.78 is 7.60. The van der Waals surface area contributed by atoms with E-state index in [1.165, 1.54) is 0 Å². The van der Waals surface area contributed by atoms with Crippen molar-refractivity contribution in [3.05, 3.63) is 29.6 Å². The molecule has 1 saturated heterocycles. The van der Waals surface area contributed by atoms with Crippen LogP contribution < -0.4 is 0 Å². The van der Waals surface area contributed by atoms with E-state index in [0.717, 1.165) is 42.9 Å². The van der Waals surface area contributed by atoms with Gasteiger partial charge in [-0.05, 0) is 31.0 Å². The molecule has 1 aliphatic heterocycles. The zero-order valence-corrected chi connectivity index (χ0v) is 11.2. The van der Waals surface area contributed by atoms with Gasteiger partial charge in [-0.25, -0.2) is 4.98 Å². The van der Waals surface area contributed by atoms with E-state index >= 15 is 0 Å². The van der Waals surface area contributed by atoms with Gasteiger partial charge in [-0.15, -0.1) is 11.6 Å². The first-order chi connectivity index (χ1) is 9.33. The van der Waals surface area contributed by atoms with Crippen LogP contribution in [0.2, 0.25) is 0 Å². The van der Waals surface area contributed by atoms with E-state index in [4.69, 9.17) is 21.6 Å². The molecule has 0 radical (unpaired) electrons. The molecule has 0 aliphatic carbocycles. The van der Waals surface area contributed by atoms with Gasteiger partial charge in [0.25, 0.3) is 0 Å². The Balaban J connectivity index is 2.16. The van der Waals surface area contributed by atoms with Crippen molar-refractivity contribution in [3.63, 3.8) is 0 Å². The number of ether oxygens (including phenoxy) is 1. The molecule has 1 aliphatic rings. The molecule has 2 heterocycles. The van der Waals surface area contributed by atoms with Crippen molar-refractivity contribution < 1.29 is 4.74 Å². The number of nitriles is 1. The number of alkyl halides is 1. The lowest BCUT2D eigenvalue weighted by molar-refractivity contribution is 0.0700. The first-order valence-corrected chi connectivity index (χ1v) is 6.91. The molecule has 4 nitrogen and oxygen atoms in total. The Morgan fingerprint density at radius 2 is 2.21 bits per heavy atom. The van der Waals surface area contributed by atoms with Gasteiger partial charge < -0.3 is 9.30 Å². The van der Waals surface area contributed by atoms with Crippen molar-refractivity contribution in [2.45, 2.75) is 24.8 Å². The number of hydrogen-bond donors (Lipinski definition) is 0. The van der Waals surface area contributed by atoms with Crippen LogP contribution in [0.15, 0.2) is 18.2 Å². The van der Waals surface area contributed by atoms with E-state index in [-0.39, 0.29) is 0 Å². The number of halogens is 1. The monoisotopic (exact) mass is 275 g/mol. The van der Waals surface area contributed by atoms with Gasteiger partial charge in [0.15, 0.2) is 0 Å². The molecular formula is C14H14ClN3O. The maximum absolute atomic E-state index is 9.04. The average Bonchev–Trinajstić information content (AvgIpc) is 2.85. The maximum Gasteiger partial charge on any atom is 0.125 e. The summed E-state index contributed by atoms with van der Waals surface area (Å²) in [7, 11) is 0. The van der Waals surface area contributed by atoms with Crippen LogP contribution in [-0.4, -0.2) is 22.8 Å². The Kier molecular flexibility index (Phi) is 3.41. The van der Waals surface area contributed by atoms with Crippen LogP contribution in [-0.2, 0) is 10.6 Å². The second-order valence-electron chi connectivity index (χ2n) is 4.69. The lowest BCUT2D eigenvalue weighted by Crippen LogP contribution is -2.20. The number of fused-ring (bicyclic) bond motifs is 1. The van der Waals surface area contributed by atoms with Gasteiger partial charge in [-0.2, -0.15) is 5.26 Å². The molecule has 0 N–H and O–H groups in total. The minimum Gasteiger partial charge on any atom is -0.381 e. The highest BCUT2D eigenvalue weighted by Crippen LogP contribution is 2.29. The van der Waals surface area contributed by atoms with Gasteiger partial charge in [0, 0.05) is 19.3 Å². The number of imidazole rings is 1. The van der Waals surface area contributed by atoms with Crippen LogP contribution in [0, 0.1) is 11.3 Å². The minimum atomic E-state index is 0.362. The predicted molar refractivity (Wildman–Crippen MR) is 73.1 cm³/mol. The number of rotatable bonds is 2. The molecule has 0 unspecified atom stereocenters. The molecule has 2 aromatic rings. The minimum absolute atomic E-state index is 0.362. The molecule has 0 bridgehead atoms. The Morgan fingerprint density at radius 1 is 1.42 bits per heavy atom. The van der Waals surface area contributed by atoms with Crippen molar-refractivity contribution in [3.8, 4) is 6.07 Å². The van der Waals surface area contributed by atoms with Gasteiger partial charge >= 0.3 is 0 Å². The summed E-state index contributed by atoms with van der Waals surface area (Å²) >= 11 is 6.02. The maximum atomic E-state index is 9.04. The molecular weight excluding hydrogens is 262 g/mol. The quantitative estimate of drug-likeness (QED) is 0.792. The Bertz CT molecular complexity index is 638. The van der Waals surface area contributed by atoms with Crippen LogP contribution >= 0.6 is 11.6 Å². The lowest BCUT2D eigenvalue weighted by Gasteiger charge is -2.25. The number of hydrogen-bond acceptors (Lipinski definition) is 3. The van der Waals surface area contributed by atoms with E-state index in [1.54, 1.807) is 6.07 Å². The normalized spacial score (nSPS) is 16.6. The molecule has 0 amide bonds. The SMILES string of the molecule is N#Cc1ccc2nc(CCl)n(C3CCOCC3)c2c1. The molecule has 5 heteroatoms. The number of aromatic nitrogens is 2. The molecule has 1 fully saturated rings. The average molecular weight is 276 g/mol. The third kappa shape index (κ3) is 2.20. The van der Waals surface area contributed by atoms with Gasteiger partial charge in [0.1, 0.15) is 5.82 Å². The van der Waals surface area contributed by atoms with Crippen LogP contribution in [0.4, 0.5) is 0 Å². The van der Waals surface area contributed by atoms with Crippen LogP contribution in [0.3, 0.4) is 0 Å². The van der Waals surface area contributed by atoms with E-state index < -0.39 is 0 Å². The van der Waals surface area contributed by atoms with E-state index in [0.29, 0.717) is 17.5 Å². The third-order valence-corrected chi connectivity index (χ3v) is 3.81. The number of benzene rings is 1. The predicted octanol–water partition coefficient (Wildman–Crippen LogP) is 3.00. The van der Waals surface area contributed by atoms with Crippen LogP contribution in [0.5, 0.6) is 0 Å². The standard InChI is InChI=1S/C14H14ClN3O/c15-8-14-17-12-2-1-10(9-16)7-13(12)18(14)11-3-5-19-6-4-11/h1-2,7,11H,3-6,8H2. The molecule has 1 aromatic heterocycles. The van der Waals surface area contributed by atoms with Crippen LogP contribution in [0.1, 0.15) is 30.3 Å². The van der Waals surface area contributed by atoms with Gasteiger partial charge in [-0.1, -0.05) is 0 Å². The third-order valence-electron chi connectivity index (χ3n) is 3.57. The highest BCUT2D eigenvalue weighted by molar-refractivity contribution is 6.16.